The third-order valence-electron chi connectivity index (χ3n) is 4.15. The standard InChI is InChI=1S/C10H18N2/c11-6-9-1-2-12(9)10-4-7-3-8(7)5-10/h7-10H,1-6,11H2. The van der Waals surface area contributed by atoms with E-state index in [1.807, 2.05) is 0 Å². The molecule has 3 atom stereocenters. The first-order valence-corrected chi connectivity index (χ1v) is 5.34. The van der Waals surface area contributed by atoms with E-state index in [-0.39, 0.29) is 0 Å². The zero-order valence-electron chi connectivity index (χ0n) is 7.58. The molecule has 2 aliphatic carbocycles. The topological polar surface area (TPSA) is 29.3 Å². The second-order valence-electron chi connectivity index (χ2n) is 4.80. The summed E-state index contributed by atoms with van der Waals surface area (Å²) in [5.74, 6) is 2.24. The van der Waals surface area contributed by atoms with E-state index in [1.54, 1.807) is 0 Å². The van der Waals surface area contributed by atoms with Crippen molar-refractivity contribution in [1.29, 1.82) is 0 Å². The van der Waals surface area contributed by atoms with E-state index >= 15 is 0 Å². The molecule has 68 valence electrons. The second kappa shape index (κ2) is 2.46. The van der Waals surface area contributed by atoms with Gasteiger partial charge in [0.05, 0.1) is 0 Å². The van der Waals surface area contributed by atoms with Crippen LogP contribution in [0.3, 0.4) is 0 Å². The average Bonchev–Trinajstić information content (AvgIpc) is 2.58. The van der Waals surface area contributed by atoms with Crippen molar-refractivity contribution in [2.24, 2.45) is 17.6 Å². The number of hydrogen-bond acceptors (Lipinski definition) is 2. The van der Waals surface area contributed by atoms with E-state index in [0.29, 0.717) is 0 Å². The molecule has 0 aromatic carbocycles. The number of rotatable bonds is 2. The molecule has 3 unspecified atom stereocenters. The number of nitrogens with zero attached hydrogens (tertiary/aromatic N) is 1. The molecule has 12 heavy (non-hydrogen) atoms. The largest absolute Gasteiger partial charge is 0.329 e. The van der Waals surface area contributed by atoms with Crippen LogP contribution in [0.2, 0.25) is 0 Å². The minimum absolute atomic E-state index is 0.743. The fourth-order valence-electron chi connectivity index (χ4n) is 3.15. The zero-order chi connectivity index (χ0) is 8.13. The summed E-state index contributed by atoms with van der Waals surface area (Å²) in [7, 11) is 0. The van der Waals surface area contributed by atoms with Crippen molar-refractivity contribution in [1.82, 2.24) is 4.90 Å². The maximum Gasteiger partial charge on any atom is 0.0233 e. The monoisotopic (exact) mass is 166 g/mol. The molecule has 0 spiro atoms. The van der Waals surface area contributed by atoms with Crippen LogP contribution in [-0.4, -0.2) is 30.1 Å². The van der Waals surface area contributed by atoms with Gasteiger partial charge < -0.3 is 5.73 Å². The highest BCUT2D eigenvalue weighted by Crippen LogP contribution is 2.53. The predicted molar refractivity (Wildman–Crippen MR) is 48.8 cm³/mol. The Kier molecular flexibility index (Phi) is 1.50. The lowest BCUT2D eigenvalue weighted by molar-refractivity contribution is 0.0436. The van der Waals surface area contributed by atoms with Crippen molar-refractivity contribution in [2.75, 3.05) is 13.1 Å². The van der Waals surface area contributed by atoms with Gasteiger partial charge in [-0.15, -0.1) is 0 Å². The highest BCUT2D eigenvalue weighted by atomic mass is 15.2. The smallest absolute Gasteiger partial charge is 0.0233 e. The average molecular weight is 166 g/mol. The molecule has 2 nitrogen and oxygen atoms in total. The Balaban J connectivity index is 1.59. The summed E-state index contributed by atoms with van der Waals surface area (Å²) < 4.78 is 0. The van der Waals surface area contributed by atoms with Gasteiger partial charge in [0.1, 0.15) is 0 Å². The molecule has 2 heteroatoms. The Morgan fingerprint density at radius 2 is 1.92 bits per heavy atom. The van der Waals surface area contributed by atoms with Gasteiger partial charge in [-0.25, -0.2) is 0 Å². The molecule has 3 aliphatic rings. The van der Waals surface area contributed by atoms with E-state index in [1.165, 1.54) is 32.2 Å². The fourth-order valence-corrected chi connectivity index (χ4v) is 3.15. The van der Waals surface area contributed by atoms with Crippen LogP contribution in [0.5, 0.6) is 0 Å². The number of hydrogen-bond donors (Lipinski definition) is 1. The first kappa shape index (κ1) is 7.34. The van der Waals surface area contributed by atoms with Gasteiger partial charge >= 0.3 is 0 Å². The summed E-state index contributed by atoms with van der Waals surface area (Å²) in [4.78, 5) is 2.66. The lowest BCUT2D eigenvalue weighted by Crippen LogP contribution is -2.55. The van der Waals surface area contributed by atoms with Crippen molar-refractivity contribution in [3.63, 3.8) is 0 Å². The normalized spacial score (nSPS) is 51.8. The van der Waals surface area contributed by atoms with Crippen LogP contribution < -0.4 is 5.73 Å². The molecule has 0 bridgehead atoms. The van der Waals surface area contributed by atoms with Crippen LogP contribution in [0.15, 0.2) is 0 Å². The zero-order valence-corrected chi connectivity index (χ0v) is 7.58. The molecule has 0 amide bonds. The van der Waals surface area contributed by atoms with Gasteiger partial charge in [0, 0.05) is 25.2 Å². The molecule has 3 rings (SSSR count). The van der Waals surface area contributed by atoms with Crippen LogP contribution in [0.4, 0.5) is 0 Å². The minimum Gasteiger partial charge on any atom is -0.329 e. The lowest BCUT2D eigenvalue weighted by Gasteiger charge is -2.45. The molecular weight excluding hydrogens is 148 g/mol. The Morgan fingerprint density at radius 3 is 2.42 bits per heavy atom. The van der Waals surface area contributed by atoms with Gasteiger partial charge in [-0.2, -0.15) is 0 Å². The third kappa shape index (κ3) is 0.944. The van der Waals surface area contributed by atoms with E-state index in [0.717, 1.165) is 30.5 Å². The van der Waals surface area contributed by atoms with Gasteiger partial charge in [-0.05, 0) is 37.5 Å². The molecule has 1 aliphatic heterocycles. The van der Waals surface area contributed by atoms with Crippen LogP contribution in [0.1, 0.15) is 25.7 Å². The van der Waals surface area contributed by atoms with Crippen molar-refractivity contribution in [3.05, 3.63) is 0 Å². The SMILES string of the molecule is NCC1CCN1C1CC2CC2C1. The third-order valence-corrected chi connectivity index (χ3v) is 4.15. The Morgan fingerprint density at radius 1 is 1.17 bits per heavy atom. The second-order valence-corrected chi connectivity index (χ2v) is 4.80. The summed E-state index contributed by atoms with van der Waals surface area (Å²) in [6.45, 7) is 2.21. The van der Waals surface area contributed by atoms with Crippen LogP contribution >= 0.6 is 0 Å². The van der Waals surface area contributed by atoms with E-state index in [4.69, 9.17) is 5.73 Å². The molecule has 2 saturated carbocycles. The summed E-state index contributed by atoms with van der Waals surface area (Å²) in [5.41, 5.74) is 5.70. The molecule has 1 heterocycles. The quantitative estimate of drug-likeness (QED) is 0.658. The van der Waals surface area contributed by atoms with Crippen LogP contribution in [0, 0.1) is 11.8 Å². The van der Waals surface area contributed by atoms with Crippen molar-refractivity contribution in [2.45, 2.75) is 37.8 Å². The van der Waals surface area contributed by atoms with Gasteiger partial charge in [0.2, 0.25) is 0 Å². The molecule has 3 fully saturated rings. The van der Waals surface area contributed by atoms with Crippen molar-refractivity contribution < 1.29 is 0 Å². The lowest BCUT2D eigenvalue weighted by atomic mass is 9.97. The first-order valence-electron chi connectivity index (χ1n) is 5.34. The van der Waals surface area contributed by atoms with E-state index in [2.05, 4.69) is 4.90 Å². The molecule has 2 N–H and O–H groups in total. The number of nitrogens with two attached hydrogens (primary N) is 1. The van der Waals surface area contributed by atoms with E-state index < -0.39 is 0 Å². The van der Waals surface area contributed by atoms with Crippen LogP contribution in [-0.2, 0) is 0 Å². The predicted octanol–water partition coefficient (Wildman–Crippen LogP) is 0.818. The molecule has 0 radical (unpaired) electrons. The summed E-state index contributed by atoms with van der Waals surface area (Å²) in [6.07, 6.45) is 5.86. The fraction of sp³-hybridized carbons (Fsp3) is 1.00. The van der Waals surface area contributed by atoms with Crippen molar-refractivity contribution in [3.8, 4) is 0 Å². The minimum atomic E-state index is 0.743. The first-order chi connectivity index (χ1) is 5.88. The maximum atomic E-state index is 5.70. The Bertz CT molecular complexity index is 180. The molecule has 0 aromatic heterocycles. The van der Waals surface area contributed by atoms with Gasteiger partial charge in [-0.1, -0.05) is 0 Å². The highest BCUT2D eigenvalue weighted by Gasteiger charge is 2.49. The maximum absolute atomic E-state index is 5.70. The van der Waals surface area contributed by atoms with E-state index in [9.17, 15) is 0 Å². The summed E-state index contributed by atoms with van der Waals surface area (Å²) >= 11 is 0. The number of fused-ring (bicyclic) bond motifs is 1. The van der Waals surface area contributed by atoms with Gasteiger partial charge in [0.15, 0.2) is 0 Å². The molecule has 1 saturated heterocycles. The summed E-state index contributed by atoms with van der Waals surface area (Å²) in [5, 5.41) is 0. The Hall–Kier alpha value is -0.0800. The van der Waals surface area contributed by atoms with Gasteiger partial charge in [0.25, 0.3) is 0 Å². The Labute approximate surface area is 74.1 Å². The van der Waals surface area contributed by atoms with Crippen molar-refractivity contribution >= 4 is 0 Å². The highest BCUT2D eigenvalue weighted by molar-refractivity contribution is 5.02. The van der Waals surface area contributed by atoms with Crippen LogP contribution in [0.25, 0.3) is 0 Å². The summed E-state index contributed by atoms with van der Waals surface area (Å²) in [6, 6.07) is 1.67. The molecular formula is C10H18N2. The molecule has 0 aromatic rings. The number of likely N-dealkylation sites (tertiary alicyclic amines) is 1. The van der Waals surface area contributed by atoms with Gasteiger partial charge in [-0.3, -0.25) is 4.90 Å².